The van der Waals surface area contributed by atoms with Crippen LogP contribution in [0, 0.1) is 0 Å². The van der Waals surface area contributed by atoms with Gasteiger partial charge in [0, 0.05) is 54.5 Å². The molecule has 1 aromatic carbocycles. The summed E-state index contributed by atoms with van der Waals surface area (Å²) >= 11 is 6.06. The van der Waals surface area contributed by atoms with Gasteiger partial charge in [-0.3, -0.25) is 4.98 Å². The number of hydrogen-bond acceptors (Lipinski definition) is 4. The maximum atomic E-state index is 6.06. The van der Waals surface area contributed by atoms with Crippen LogP contribution in [0.4, 0.5) is 5.69 Å². The van der Waals surface area contributed by atoms with E-state index in [4.69, 9.17) is 11.6 Å². The topological polar surface area (TPSA) is 31.4 Å². The smallest absolute Gasteiger partial charge is 0.0737 e. The van der Waals surface area contributed by atoms with Gasteiger partial charge in [0.1, 0.15) is 0 Å². The average molecular weight is 347 g/mol. The molecule has 1 N–H and O–H groups in total. The number of pyridine rings is 1. The van der Waals surface area contributed by atoms with Crippen molar-refractivity contribution in [3.05, 3.63) is 35.5 Å². The molecule has 130 valence electrons. The molecule has 2 heterocycles. The van der Waals surface area contributed by atoms with Crippen molar-refractivity contribution in [2.75, 3.05) is 45.1 Å². The van der Waals surface area contributed by atoms with Crippen molar-refractivity contribution < 1.29 is 0 Å². The van der Waals surface area contributed by atoms with Gasteiger partial charge in [-0.2, -0.15) is 0 Å². The number of anilines is 1. The summed E-state index contributed by atoms with van der Waals surface area (Å²) in [4.78, 5) is 9.39. The van der Waals surface area contributed by atoms with Gasteiger partial charge in [0.05, 0.1) is 5.52 Å². The lowest BCUT2D eigenvalue weighted by molar-refractivity contribution is 0.152. The number of benzene rings is 1. The molecule has 4 nitrogen and oxygen atoms in total. The van der Waals surface area contributed by atoms with Gasteiger partial charge in [0.2, 0.25) is 0 Å². The van der Waals surface area contributed by atoms with E-state index in [-0.39, 0.29) is 0 Å². The Bertz CT molecular complexity index is 667. The Morgan fingerprint density at radius 2 is 2.00 bits per heavy atom. The number of piperazine rings is 1. The molecule has 1 aromatic heterocycles. The van der Waals surface area contributed by atoms with E-state index in [1.54, 1.807) is 0 Å². The third kappa shape index (κ3) is 4.59. The van der Waals surface area contributed by atoms with Crippen LogP contribution in [-0.2, 0) is 0 Å². The largest absolute Gasteiger partial charge is 0.382 e. The van der Waals surface area contributed by atoms with E-state index in [9.17, 15) is 0 Å². The Morgan fingerprint density at radius 3 is 2.79 bits per heavy atom. The number of fused-ring (bicyclic) bond motifs is 1. The van der Waals surface area contributed by atoms with Gasteiger partial charge in [-0.25, -0.2) is 0 Å². The molecule has 24 heavy (non-hydrogen) atoms. The molecule has 0 radical (unpaired) electrons. The number of rotatable bonds is 6. The quantitative estimate of drug-likeness (QED) is 0.863. The second-order valence-corrected chi connectivity index (χ2v) is 7.29. The van der Waals surface area contributed by atoms with E-state index < -0.39 is 0 Å². The highest BCUT2D eigenvalue weighted by molar-refractivity contribution is 6.31. The highest BCUT2D eigenvalue weighted by Gasteiger charge is 2.13. The molecule has 0 amide bonds. The maximum Gasteiger partial charge on any atom is 0.0737 e. The second-order valence-electron chi connectivity index (χ2n) is 6.85. The van der Waals surface area contributed by atoms with Crippen LogP contribution in [0.25, 0.3) is 10.9 Å². The minimum absolute atomic E-state index is 0.443. The number of halogens is 1. The van der Waals surface area contributed by atoms with Crippen molar-refractivity contribution in [1.29, 1.82) is 0 Å². The summed E-state index contributed by atoms with van der Waals surface area (Å²) in [6.07, 6.45) is 4.24. The molecular formula is C19H27ClN4. The molecule has 1 fully saturated rings. The minimum atomic E-state index is 0.443. The first kappa shape index (κ1) is 17.5. The fraction of sp³-hybridized carbons (Fsp3) is 0.526. The maximum absolute atomic E-state index is 6.06. The van der Waals surface area contributed by atoms with Crippen LogP contribution in [-0.4, -0.2) is 60.6 Å². The van der Waals surface area contributed by atoms with Crippen molar-refractivity contribution >= 4 is 28.2 Å². The fourth-order valence-corrected chi connectivity index (χ4v) is 3.44. The molecule has 0 spiro atoms. The second kappa shape index (κ2) is 8.15. The zero-order valence-corrected chi connectivity index (χ0v) is 15.4. The van der Waals surface area contributed by atoms with Gasteiger partial charge >= 0.3 is 0 Å². The van der Waals surface area contributed by atoms with Crippen molar-refractivity contribution in [2.24, 2.45) is 0 Å². The number of nitrogens with zero attached hydrogens (tertiary/aromatic N) is 3. The zero-order valence-electron chi connectivity index (χ0n) is 14.6. The molecule has 0 saturated carbocycles. The van der Waals surface area contributed by atoms with Crippen LogP contribution >= 0.6 is 11.6 Å². The first-order chi connectivity index (χ1) is 11.6. The summed E-state index contributed by atoms with van der Waals surface area (Å²) in [5, 5.41) is 5.50. The molecule has 1 atom stereocenters. The first-order valence-electron chi connectivity index (χ1n) is 8.83. The van der Waals surface area contributed by atoms with Crippen LogP contribution in [0.5, 0.6) is 0 Å². The number of nitrogens with one attached hydrogen (secondary N) is 1. The van der Waals surface area contributed by atoms with Crippen LogP contribution < -0.4 is 5.32 Å². The van der Waals surface area contributed by atoms with E-state index >= 15 is 0 Å². The molecule has 3 rings (SSSR count). The Kier molecular flexibility index (Phi) is 5.93. The van der Waals surface area contributed by atoms with E-state index in [1.807, 2.05) is 30.5 Å². The number of hydrogen-bond donors (Lipinski definition) is 1. The van der Waals surface area contributed by atoms with Gasteiger partial charge in [-0.05, 0) is 57.6 Å². The lowest BCUT2D eigenvalue weighted by Crippen LogP contribution is -2.44. The summed E-state index contributed by atoms with van der Waals surface area (Å²) < 4.78 is 0. The Balaban J connectivity index is 1.51. The van der Waals surface area contributed by atoms with Gasteiger partial charge < -0.3 is 15.1 Å². The lowest BCUT2D eigenvalue weighted by atomic mass is 10.1. The molecule has 0 aliphatic carbocycles. The van der Waals surface area contributed by atoms with Crippen molar-refractivity contribution in [3.63, 3.8) is 0 Å². The molecule has 5 heteroatoms. The third-order valence-electron chi connectivity index (χ3n) is 4.81. The standard InChI is InChI=1S/C19H27ClN4/c1-15(4-3-9-24-12-10-23(2)11-13-24)22-18-7-8-21-19-14-16(20)5-6-17(18)19/h5-8,14-15H,3-4,9-13H2,1-2H3,(H,21,22)/t15-/m0/s1. The van der Waals surface area contributed by atoms with Crippen molar-refractivity contribution in [1.82, 2.24) is 14.8 Å². The summed E-state index contributed by atoms with van der Waals surface area (Å²) in [7, 11) is 2.20. The first-order valence-corrected chi connectivity index (χ1v) is 9.21. The van der Waals surface area contributed by atoms with Crippen LogP contribution in [0.1, 0.15) is 19.8 Å². The predicted octanol–water partition coefficient (Wildman–Crippen LogP) is 3.72. The molecule has 2 aromatic rings. The van der Waals surface area contributed by atoms with Crippen LogP contribution in [0.3, 0.4) is 0 Å². The summed E-state index contributed by atoms with van der Waals surface area (Å²) in [6, 6.07) is 8.38. The number of aromatic nitrogens is 1. The third-order valence-corrected chi connectivity index (χ3v) is 5.05. The number of likely N-dealkylation sites (N-methyl/N-ethyl adjacent to an activating group) is 1. The highest BCUT2D eigenvalue weighted by atomic mass is 35.5. The van der Waals surface area contributed by atoms with Crippen LogP contribution in [0.2, 0.25) is 5.02 Å². The van der Waals surface area contributed by atoms with E-state index in [2.05, 4.69) is 34.1 Å². The SMILES string of the molecule is C[C@@H](CCCN1CCN(C)CC1)Nc1ccnc2cc(Cl)ccc12. The van der Waals surface area contributed by atoms with Gasteiger partial charge in [-0.1, -0.05) is 11.6 Å². The normalized spacial score (nSPS) is 18.0. The van der Waals surface area contributed by atoms with E-state index in [0.29, 0.717) is 6.04 Å². The van der Waals surface area contributed by atoms with Crippen molar-refractivity contribution in [3.8, 4) is 0 Å². The predicted molar refractivity (Wildman–Crippen MR) is 103 cm³/mol. The summed E-state index contributed by atoms with van der Waals surface area (Å²) in [5.41, 5.74) is 2.08. The van der Waals surface area contributed by atoms with Gasteiger partial charge in [0.15, 0.2) is 0 Å². The zero-order chi connectivity index (χ0) is 16.9. The summed E-state index contributed by atoms with van der Waals surface area (Å²) in [6.45, 7) is 8.25. The van der Waals surface area contributed by atoms with Gasteiger partial charge in [0.25, 0.3) is 0 Å². The molecule has 0 unspecified atom stereocenters. The lowest BCUT2D eigenvalue weighted by Gasteiger charge is -2.32. The molecule has 1 saturated heterocycles. The molecular weight excluding hydrogens is 320 g/mol. The Labute approximate surface area is 149 Å². The molecule has 1 aliphatic rings. The molecule has 1 aliphatic heterocycles. The monoisotopic (exact) mass is 346 g/mol. The van der Waals surface area contributed by atoms with Crippen molar-refractivity contribution in [2.45, 2.75) is 25.8 Å². The average Bonchev–Trinajstić information content (AvgIpc) is 2.56. The minimum Gasteiger partial charge on any atom is -0.382 e. The molecule has 0 bridgehead atoms. The fourth-order valence-electron chi connectivity index (χ4n) is 3.28. The summed E-state index contributed by atoms with van der Waals surface area (Å²) in [5.74, 6) is 0. The Morgan fingerprint density at radius 1 is 1.21 bits per heavy atom. The van der Waals surface area contributed by atoms with E-state index in [0.717, 1.165) is 21.6 Å². The van der Waals surface area contributed by atoms with Crippen LogP contribution in [0.15, 0.2) is 30.5 Å². The van der Waals surface area contributed by atoms with Gasteiger partial charge in [-0.15, -0.1) is 0 Å². The Hall–Kier alpha value is -1.36. The highest BCUT2D eigenvalue weighted by Crippen LogP contribution is 2.25. The van der Waals surface area contributed by atoms with E-state index in [1.165, 1.54) is 45.6 Å².